The van der Waals surface area contributed by atoms with E-state index < -0.39 is 5.82 Å². The Morgan fingerprint density at radius 3 is 2.78 bits per heavy atom. The van der Waals surface area contributed by atoms with Crippen molar-refractivity contribution in [1.29, 1.82) is 0 Å². The van der Waals surface area contributed by atoms with Crippen LogP contribution in [0.25, 0.3) is 10.8 Å². The van der Waals surface area contributed by atoms with E-state index in [0.717, 1.165) is 34.9 Å². The van der Waals surface area contributed by atoms with E-state index in [2.05, 4.69) is 10.2 Å². The molecule has 1 fully saturated rings. The lowest BCUT2D eigenvalue weighted by Crippen LogP contribution is -2.43. The second-order valence-corrected chi connectivity index (χ2v) is 7.00. The van der Waals surface area contributed by atoms with Crippen LogP contribution in [0.4, 0.5) is 4.39 Å². The Hall–Kier alpha value is -2.86. The predicted octanol–water partition coefficient (Wildman–Crippen LogP) is 2.92. The summed E-state index contributed by atoms with van der Waals surface area (Å²) in [7, 11) is 0. The van der Waals surface area contributed by atoms with Gasteiger partial charge in [-0.25, -0.2) is 4.39 Å². The first-order valence-electron chi connectivity index (χ1n) is 9.14. The molecule has 1 aliphatic rings. The van der Waals surface area contributed by atoms with Gasteiger partial charge in [-0.05, 0) is 30.5 Å². The number of carbonyl (C=O) groups excluding carboxylic acids is 1. The first-order valence-corrected chi connectivity index (χ1v) is 9.14. The lowest BCUT2D eigenvalue weighted by atomic mass is 10.0. The van der Waals surface area contributed by atoms with Crippen molar-refractivity contribution in [2.75, 3.05) is 13.1 Å². The molecule has 1 aliphatic heterocycles. The largest absolute Gasteiger partial charge is 0.338 e. The van der Waals surface area contributed by atoms with Gasteiger partial charge in [-0.1, -0.05) is 30.3 Å². The molecule has 1 saturated heterocycles. The van der Waals surface area contributed by atoms with E-state index in [0.29, 0.717) is 19.5 Å². The van der Waals surface area contributed by atoms with Crippen molar-refractivity contribution >= 4 is 16.7 Å². The highest BCUT2D eigenvalue weighted by molar-refractivity contribution is 5.94. The fraction of sp³-hybridized carbons (Fsp3) is 0.286. The second kappa shape index (κ2) is 7.40. The van der Waals surface area contributed by atoms with Crippen LogP contribution in [0.2, 0.25) is 0 Å². The molecule has 0 spiro atoms. The molecule has 1 aromatic heterocycles. The number of halogens is 1. The standard InChI is InChI=1S/C21H21FN4O/c22-19-6-5-14(11-18(19)21(27)26-9-7-16(23)8-10-26)12-20-17-4-2-1-3-15(17)13-24-25-20/h1-6,11,13,16H,7-10,12,23H2. The maximum Gasteiger partial charge on any atom is 0.256 e. The summed E-state index contributed by atoms with van der Waals surface area (Å²) in [4.78, 5) is 14.4. The molecule has 0 saturated carbocycles. The summed E-state index contributed by atoms with van der Waals surface area (Å²) < 4.78 is 14.3. The minimum Gasteiger partial charge on any atom is -0.338 e. The number of nitrogens with zero attached hydrogens (tertiary/aromatic N) is 3. The number of benzene rings is 2. The number of hydrogen-bond donors (Lipinski definition) is 1. The molecule has 0 atom stereocenters. The van der Waals surface area contributed by atoms with Gasteiger partial charge in [0, 0.05) is 36.3 Å². The molecule has 2 N–H and O–H groups in total. The molecular weight excluding hydrogens is 343 g/mol. The number of aromatic nitrogens is 2. The molecule has 6 heteroatoms. The summed E-state index contributed by atoms with van der Waals surface area (Å²) in [5.41, 5.74) is 7.64. The lowest BCUT2D eigenvalue weighted by molar-refractivity contribution is 0.0710. The van der Waals surface area contributed by atoms with E-state index in [9.17, 15) is 9.18 Å². The number of nitrogens with two attached hydrogens (primary N) is 1. The van der Waals surface area contributed by atoms with Gasteiger partial charge in [0.1, 0.15) is 5.82 Å². The van der Waals surface area contributed by atoms with E-state index in [1.165, 1.54) is 6.07 Å². The van der Waals surface area contributed by atoms with Crippen molar-refractivity contribution in [1.82, 2.24) is 15.1 Å². The van der Waals surface area contributed by atoms with Gasteiger partial charge in [-0.2, -0.15) is 10.2 Å². The Morgan fingerprint density at radius 1 is 1.19 bits per heavy atom. The average Bonchev–Trinajstić information content (AvgIpc) is 2.70. The number of fused-ring (bicyclic) bond motifs is 1. The van der Waals surface area contributed by atoms with Crippen LogP contribution in [0.15, 0.2) is 48.7 Å². The monoisotopic (exact) mass is 364 g/mol. The number of amides is 1. The van der Waals surface area contributed by atoms with E-state index in [1.807, 2.05) is 24.3 Å². The highest BCUT2D eigenvalue weighted by atomic mass is 19.1. The predicted molar refractivity (Wildman–Crippen MR) is 102 cm³/mol. The van der Waals surface area contributed by atoms with Crippen molar-refractivity contribution in [3.8, 4) is 0 Å². The first kappa shape index (κ1) is 17.5. The molecule has 138 valence electrons. The van der Waals surface area contributed by atoms with Crippen LogP contribution in [0, 0.1) is 5.82 Å². The van der Waals surface area contributed by atoms with E-state index in [1.54, 1.807) is 23.2 Å². The van der Waals surface area contributed by atoms with Crippen molar-refractivity contribution in [3.05, 3.63) is 71.3 Å². The molecule has 0 aliphatic carbocycles. The summed E-state index contributed by atoms with van der Waals surface area (Å²) in [5.74, 6) is -0.770. The zero-order valence-corrected chi connectivity index (χ0v) is 14.9. The summed E-state index contributed by atoms with van der Waals surface area (Å²) in [5, 5.41) is 10.3. The van der Waals surface area contributed by atoms with Crippen LogP contribution in [-0.4, -0.2) is 40.1 Å². The number of carbonyl (C=O) groups is 1. The highest BCUT2D eigenvalue weighted by Gasteiger charge is 2.24. The van der Waals surface area contributed by atoms with Gasteiger partial charge in [0.25, 0.3) is 5.91 Å². The van der Waals surface area contributed by atoms with Gasteiger partial charge in [0.2, 0.25) is 0 Å². The number of likely N-dealkylation sites (tertiary alicyclic amines) is 1. The van der Waals surface area contributed by atoms with Crippen LogP contribution < -0.4 is 5.73 Å². The number of piperidine rings is 1. The molecular formula is C21H21FN4O. The number of hydrogen-bond acceptors (Lipinski definition) is 4. The Labute approximate surface area is 157 Å². The fourth-order valence-corrected chi connectivity index (χ4v) is 3.53. The van der Waals surface area contributed by atoms with Crippen LogP contribution in [0.5, 0.6) is 0 Å². The third kappa shape index (κ3) is 3.66. The van der Waals surface area contributed by atoms with Crippen molar-refractivity contribution in [2.24, 2.45) is 5.73 Å². The topological polar surface area (TPSA) is 72.1 Å². The Bertz CT molecular complexity index is 978. The highest BCUT2D eigenvalue weighted by Crippen LogP contribution is 2.21. The minimum atomic E-state index is -0.498. The molecule has 0 unspecified atom stereocenters. The average molecular weight is 364 g/mol. The van der Waals surface area contributed by atoms with Crippen molar-refractivity contribution in [2.45, 2.75) is 25.3 Å². The smallest absolute Gasteiger partial charge is 0.256 e. The third-order valence-electron chi connectivity index (χ3n) is 5.11. The second-order valence-electron chi connectivity index (χ2n) is 7.00. The molecule has 0 radical (unpaired) electrons. The van der Waals surface area contributed by atoms with Gasteiger partial charge in [-0.3, -0.25) is 4.79 Å². The third-order valence-corrected chi connectivity index (χ3v) is 5.11. The number of rotatable bonds is 3. The van der Waals surface area contributed by atoms with Gasteiger partial charge in [-0.15, -0.1) is 0 Å². The van der Waals surface area contributed by atoms with Crippen LogP contribution in [0.3, 0.4) is 0 Å². The maximum atomic E-state index is 14.3. The molecule has 2 heterocycles. The Kier molecular flexibility index (Phi) is 4.81. The Morgan fingerprint density at radius 2 is 1.96 bits per heavy atom. The zero-order chi connectivity index (χ0) is 18.8. The van der Waals surface area contributed by atoms with E-state index in [-0.39, 0.29) is 17.5 Å². The SMILES string of the molecule is NC1CCN(C(=O)c2cc(Cc3nncc4ccccc34)ccc2F)CC1. The van der Waals surface area contributed by atoms with Crippen LogP contribution in [-0.2, 0) is 6.42 Å². The summed E-state index contributed by atoms with van der Waals surface area (Å²) in [6.07, 6.45) is 3.70. The first-order chi connectivity index (χ1) is 13.1. The molecule has 5 nitrogen and oxygen atoms in total. The zero-order valence-electron chi connectivity index (χ0n) is 14.9. The minimum absolute atomic E-state index is 0.108. The van der Waals surface area contributed by atoms with Gasteiger partial charge in [0.05, 0.1) is 17.5 Å². The van der Waals surface area contributed by atoms with Gasteiger partial charge in [0.15, 0.2) is 0 Å². The summed E-state index contributed by atoms with van der Waals surface area (Å²) in [6, 6.07) is 12.7. The fourth-order valence-electron chi connectivity index (χ4n) is 3.53. The van der Waals surface area contributed by atoms with Gasteiger partial charge >= 0.3 is 0 Å². The van der Waals surface area contributed by atoms with E-state index >= 15 is 0 Å². The quantitative estimate of drug-likeness (QED) is 0.776. The normalized spacial score (nSPS) is 15.3. The van der Waals surface area contributed by atoms with Crippen molar-refractivity contribution in [3.63, 3.8) is 0 Å². The van der Waals surface area contributed by atoms with Crippen LogP contribution >= 0.6 is 0 Å². The molecule has 0 bridgehead atoms. The molecule has 2 aromatic carbocycles. The molecule has 27 heavy (non-hydrogen) atoms. The molecule has 4 rings (SSSR count). The maximum absolute atomic E-state index is 14.3. The summed E-state index contributed by atoms with van der Waals surface area (Å²) in [6.45, 7) is 1.14. The van der Waals surface area contributed by atoms with Gasteiger partial charge < -0.3 is 10.6 Å². The molecule has 3 aromatic rings. The van der Waals surface area contributed by atoms with Crippen LogP contribution in [0.1, 0.15) is 34.5 Å². The Balaban J connectivity index is 1.61. The lowest BCUT2D eigenvalue weighted by Gasteiger charge is -2.30. The summed E-state index contributed by atoms with van der Waals surface area (Å²) >= 11 is 0. The molecule has 1 amide bonds. The van der Waals surface area contributed by atoms with Crippen molar-refractivity contribution < 1.29 is 9.18 Å². The van der Waals surface area contributed by atoms with E-state index in [4.69, 9.17) is 5.73 Å².